The van der Waals surface area contributed by atoms with E-state index < -0.39 is 18.2 Å². The minimum Gasteiger partial charge on any atom is -0.464 e. The largest absolute Gasteiger partial charge is 0.464 e. The molecule has 0 aliphatic heterocycles. The molecule has 1 aromatic carbocycles. The predicted octanol–water partition coefficient (Wildman–Crippen LogP) is 0.300. The maximum atomic E-state index is 11.4. The number of aliphatic hydroxyl groups excluding tert-OH is 2. The number of ether oxygens (including phenoxy) is 1. The molecule has 0 aliphatic rings. The zero-order chi connectivity index (χ0) is 14.4. The normalized spacial score (nSPS) is 13.4. The highest BCUT2D eigenvalue weighted by molar-refractivity contribution is 7.80. The Morgan fingerprint density at radius 3 is 2.68 bits per heavy atom. The lowest BCUT2D eigenvalue weighted by Gasteiger charge is -2.19. The van der Waals surface area contributed by atoms with E-state index in [0.29, 0.717) is 11.3 Å². The monoisotopic (exact) mass is 284 g/mol. The van der Waals surface area contributed by atoms with Crippen LogP contribution in [0.5, 0.6) is 0 Å². The van der Waals surface area contributed by atoms with Crippen LogP contribution >= 0.6 is 12.2 Å². The van der Waals surface area contributed by atoms with Crippen LogP contribution in [0.3, 0.4) is 0 Å². The van der Waals surface area contributed by atoms with Gasteiger partial charge in [0.25, 0.3) is 0 Å². The summed E-state index contributed by atoms with van der Waals surface area (Å²) in [5.41, 5.74) is 6.09. The molecule has 0 radical (unpaired) electrons. The second-order valence-electron chi connectivity index (χ2n) is 3.72. The Labute approximate surface area is 116 Å². The number of rotatable bonds is 5. The first-order valence-electron chi connectivity index (χ1n) is 5.65. The minimum absolute atomic E-state index is 0.0188. The van der Waals surface area contributed by atoms with Crippen LogP contribution in [0.1, 0.15) is 18.6 Å². The first kappa shape index (κ1) is 15.4. The van der Waals surface area contributed by atoms with Crippen molar-refractivity contribution in [2.75, 3.05) is 11.9 Å². The van der Waals surface area contributed by atoms with Gasteiger partial charge < -0.3 is 26.0 Å². The summed E-state index contributed by atoms with van der Waals surface area (Å²) in [6.45, 7) is 1.73. The minimum atomic E-state index is -1.67. The van der Waals surface area contributed by atoms with Crippen LogP contribution in [0, 0.1) is 0 Å². The summed E-state index contributed by atoms with van der Waals surface area (Å²) in [4.78, 5) is 11.4. The maximum Gasteiger partial charge on any atom is 0.338 e. The Hall–Kier alpha value is -1.70. The van der Waals surface area contributed by atoms with Crippen molar-refractivity contribution in [1.29, 1.82) is 0 Å². The molecule has 1 aromatic rings. The van der Waals surface area contributed by atoms with Gasteiger partial charge in [0.1, 0.15) is 6.10 Å². The second-order valence-corrected chi connectivity index (χ2v) is 4.16. The number of nitrogens with one attached hydrogen (secondary N) is 1. The molecule has 0 heterocycles. The number of anilines is 1. The van der Waals surface area contributed by atoms with Gasteiger partial charge in [0, 0.05) is 11.3 Å². The molecule has 7 heteroatoms. The third kappa shape index (κ3) is 4.16. The van der Waals surface area contributed by atoms with E-state index in [1.54, 1.807) is 31.2 Å². The van der Waals surface area contributed by atoms with Gasteiger partial charge in [-0.2, -0.15) is 0 Å². The molecule has 0 spiro atoms. The first-order valence-corrected chi connectivity index (χ1v) is 6.06. The number of carbonyl (C=O) groups is 1. The highest BCUT2D eigenvalue weighted by atomic mass is 32.1. The lowest BCUT2D eigenvalue weighted by Crippen LogP contribution is -2.31. The average molecular weight is 284 g/mol. The molecule has 19 heavy (non-hydrogen) atoms. The van der Waals surface area contributed by atoms with Crippen LogP contribution in [0.25, 0.3) is 0 Å². The molecule has 0 aliphatic carbocycles. The predicted molar refractivity (Wildman–Crippen MR) is 74.4 cm³/mol. The SMILES string of the molecule is CCOC(=O)C(O)C(O)c1ccccc1NC(N)=S. The van der Waals surface area contributed by atoms with Crippen molar-refractivity contribution >= 4 is 29.0 Å². The van der Waals surface area contributed by atoms with Gasteiger partial charge in [-0.3, -0.25) is 0 Å². The summed E-state index contributed by atoms with van der Waals surface area (Å²) in [7, 11) is 0. The number of hydrogen-bond donors (Lipinski definition) is 4. The molecular formula is C12H16N2O4S. The Morgan fingerprint density at radius 1 is 1.47 bits per heavy atom. The fourth-order valence-electron chi connectivity index (χ4n) is 1.53. The van der Waals surface area contributed by atoms with Gasteiger partial charge in [0.05, 0.1) is 6.61 Å². The molecule has 104 valence electrons. The lowest BCUT2D eigenvalue weighted by molar-refractivity contribution is -0.159. The smallest absolute Gasteiger partial charge is 0.338 e. The number of aliphatic hydroxyl groups is 2. The van der Waals surface area contributed by atoms with Crippen LogP contribution in [0.15, 0.2) is 24.3 Å². The van der Waals surface area contributed by atoms with E-state index in [0.717, 1.165) is 0 Å². The molecule has 0 fully saturated rings. The number of carbonyl (C=O) groups excluding carboxylic acids is 1. The molecule has 0 amide bonds. The van der Waals surface area contributed by atoms with Crippen LogP contribution in [0.4, 0.5) is 5.69 Å². The molecule has 2 atom stereocenters. The van der Waals surface area contributed by atoms with Crippen molar-refractivity contribution in [2.24, 2.45) is 5.73 Å². The summed E-state index contributed by atoms with van der Waals surface area (Å²) in [6, 6.07) is 6.53. The number of nitrogens with two attached hydrogens (primary N) is 1. The first-order chi connectivity index (χ1) is 8.97. The number of hydrogen-bond acceptors (Lipinski definition) is 5. The van der Waals surface area contributed by atoms with Gasteiger partial charge >= 0.3 is 5.97 Å². The summed E-state index contributed by atoms with van der Waals surface area (Å²) < 4.78 is 4.65. The van der Waals surface area contributed by atoms with Gasteiger partial charge in [0.2, 0.25) is 0 Å². The van der Waals surface area contributed by atoms with E-state index in [1.165, 1.54) is 0 Å². The summed E-state index contributed by atoms with van der Waals surface area (Å²) >= 11 is 4.71. The van der Waals surface area contributed by atoms with Crippen molar-refractivity contribution in [2.45, 2.75) is 19.1 Å². The fraction of sp³-hybridized carbons (Fsp3) is 0.333. The molecule has 0 bridgehead atoms. The van der Waals surface area contributed by atoms with Crippen LogP contribution in [0.2, 0.25) is 0 Å². The Balaban J connectivity index is 2.95. The van der Waals surface area contributed by atoms with Gasteiger partial charge in [-0.05, 0) is 25.2 Å². The Kier molecular flexibility index (Phi) is 5.68. The van der Waals surface area contributed by atoms with E-state index in [-0.39, 0.29) is 11.7 Å². The number of thiocarbonyl (C=S) groups is 1. The highest BCUT2D eigenvalue weighted by Gasteiger charge is 2.28. The van der Waals surface area contributed by atoms with Gasteiger partial charge in [0.15, 0.2) is 11.2 Å². The average Bonchev–Trinajstić information content (AvgIpc) is 2.37. The van der Waals surface area contributed by atoms with E-state index in [9.17, 15) is 15.0 Å². The lowest BCUT2D eigenvalue weighted by atomic mass is 10.0. The topological polar surface area (TPSA) is 105 Å². The quantitative estimate of drug-likeness (QED) is 0.455. The Morgan fingerprint density at radius 2 is 2.11 bits per heavy atom. The number of esters is 1. The second kappa shape index (κ2) is 7.03. The van der Waals surface area contributed by atoms with Crippen LogP contribution in [-0.4, -0.2) is 34.0 Å². The van der Waals surface area contributed by atoms with E-state index >= 15 is 0 Å². The Bertz CT molecular complexity index is 467. The molecule has 0 aromatic heterocycles. The summed E-state index contributed by atoms with van der Waals surface area (Å²) in [5, 5.41) is 22.4. The van der Waals surface area contributed by atoms with E-state index in [1.807, 2.05) is 0 Å². The molecule has 2 unspecified atom stereocenters. The zero-order valence-corrected chi connectivity index (χ0v) is 11.2. The standard InChI is InChI=1S/C12H16N2O4S/c1-2-18-11(17)10(16)9(15)7-5-3-4-6-8(7)14-12(13)19/h3-6,9-10,15-16H,2H2,1H3,(H3,13,14,19). The molecule has 5 N–H and O–H groups in total. The van der Waals surface area contributed by atoms with Gasteiger partial charge in [-0.25, -0.2) is 4.79 Å². The van der Waals surface area contributed by atoms with Crippen LogP contribution in [-0.2, 0) is 9.53 Å². The van der Waals surface area contributed by atoms with Crippen molar-refractivity contribution in [3.63, 3.8) is 0 Å². The molecule has 1 rings (SSSR count). The highest BCUT2D eigenvalue weighted by Crippen LogP contribution is 2.25. The zero-order valence-electron chi connectivity index (χ0n) is 10.4. The number of benzene rings is 1. The van der Waals surface area contributed by atoms with Gasteiger partial charge in [-0.1, -0.05) is 18.2 Å². The van der Waals surface area contributed by atoms with E-state index in [2.05, 4.69) is 10.1 Å². The third-order valence-electron chi connectivity index (χ3n) is 2.36. The maximum absolute atomic E-state index is 11.4. The van der Waals surface area contributed by atoms with Gasteiger partial charge in [-0.15, -0.1) is 0 Å². The molecular weight excluding hydrogens is 268 g/mol. The van der Waals surface area contributed by atoms with Crippen LogP contribution < -0.4 is 11.1 Å². The van der Waals surface area contributed by atoms with Crippen molar-refractivity contribution in [3.05, 3.63) is 29.8 Å². The fourth-order valence-corrected chi connectivity index (χ4v) is 1.64. The molecule has 6 nitrogen and oxygen atoms in total. The van der Waals surface area contributed by atoms with Crippen molar-refractivity contribution in [1.82, 2.24) is 0 Å². The third-order valence-corrected chi connectivity index (χ3v) is 2.47. The summed E-state index contributed by atoms with van der Waals surface area (Å²) in [6.07, 6.45) is -3.11. The van der Waals surface area contributed by atoms with Crippen molar-refractivity contribution < 1.29 is 19.7 Å². The summed E-state index contributed by atoms with van der Waals surface area (Å²) in [5.74, 6) is -0.889. The molecule has 0 saturated carbocycles. The number of para-hydroxylation sites is 1. The van der Waals surface area contributed by atoms with E-state index in [4.69, 9.17) is 18.0 Å². The van der Waals surface area contributed by atoms with Crippen molar-refractivity contribution in [3.8, 4) is 0 Å². The molecule has 0 saturated heterocycles.